The van der Waals surface area contributed by atoms with Gasteiger partial charge in [-0.05, 0) is 50.6 Å². The smallest absolute Gasteiger partial charge is 0.253 e. The fourth-order valence-electron chi connectivity index (χ4n) is 2.64. The Kier molecular flexibility index (Phi) is 7.26. The molecule has 0 aliphatic rings. The van der Waals surface area contributed by atoms with Gasteiger partial charge < -0.3 is 19.7 Å². The van der Waals surface area contributed by atoms with Crippen LogP contribution in [0.5, 0.6) is 11.5 Å². The zero-order chi connectivity index (χ0) is 18.9. The van der Waals surface area contributed by atoms with Crippen molar-refractivity contribution in [1.29, 1.82) is 0 Å². The lowest BCUT2D eigenvalue weighted by molar-refractivity contribution is 0.0950. The molecule has 6 nitrogen and oxygen atoms in total. The quantitative estimate of drug-likeness (QED) is 0.746. The van der Waals surface area contributed by atoms with Crippen LogP contribution in [0.3, 0.4) is 0 Å². The lowest BCUT2D eigenvalue weighted by atomic mass is 10.2. The molecule has 0 bridgehead atoms. The fourth-order valence-corrected chi connectivity index (χ4v) is 2.64. The van der Waals surface area contributed by atoms with Crippen LogP contribution in [0.4, 0.5) is 5.82 Å². The summed E-state index contributed by atoms with van der Waals surface area (Å²) in [5.41, 5.74) is 1.48. The predicted molar refractivity (Wildman–Crippen MR) is 103 cm³/mol. The van der Waals surface area contributed by atoms with Crippen molar-refractivity contribution in [2.45, 2.75) is 27.3 Å². The Labute approximate surface area is 155 Å². The third kappa shape index (κ3) is 4.88. The summed E-state index contributed by atoms with van der Waals surface area (Å²) >= 11 is 0. The van der Waals surface area contributed by atoms with Crippen LogP contribution in [0.25, 0.3) is 0 Å². The lowest BCUT2D eigenvalue weighted by Gasteiger charge is -2.19. The van der Waals surface area contributed by atoms with Gasteiger partial charge in [0.2, 0.25) is 0 Å². The number of carbonyl (C=O) groups is 1. The van der Waals surface area contributed by atoms with E-state index in [0.717, 1.165) is 24.5 Å². The van der Waals surface area contributed by atoms with Gasteiger partial charge in [-0.25, -0.2) is 4.98 Å². The van der Waals surface area contributed by atoms with E-state index in [1.165, 1.54) is 0 Å². The first-order chi connectivity index (χ1) is 12.6. The van der Waals surface area contributed by atoms with E-state index in [1.54, 1.807) is 19.4 Å². The SMILES string of the molecule is CCOc1ccc(CNC(=O)c2ccc(N(CC)CC)nc2)cc1OC. The van der Waals surface area contributed by atoms with Gasteiger partial charge >= 0.3 is 0 Å². The van der Waals surface area contributed by atoms with Gasteiger partial charge in [-0.2, -0.15) is 0 Å². The van der Waals surface area contributed by atoms with Gasteiger partial charge in [-0.3, -0.25) is 4.79 Å². The van der Waals surface area contributed by atoms with Crippen LogP contribution in [0.2, 0.25) is 0 Å². The Morgan fingerprint density at radius 2 is 1.88 bits per heavy atom. The molecule has 2 rings (SSSR count). The molecular formula is C20H27N3O3. The molecule has 140 valence electrons. The summed E-state index contributed by atoms with van der Waals surface area (Å²) in [5.74, 6) is 2.07. The predicted octanol–water partition coefficient (Wildman–Crippen LogP) is 3.27. The molecular weight excluding hydrogens is 330 g/mol. The van der Waals surface area contributed by atoms with E-state index in [2.05, 4.69) is 29.0 Å². The summed E-state index contributed by atoms with van der Waals surface area (Å²) < 4.78 is 10.8. The summed E-state index contributed by atoms with van der Waals surface area (Å²) in [6.07, 6.45) is 1.61. The molecule has 1 N–H and O–H groups in total. The average molecular weight is 357 g/mol. The van der Waals surface area contributed by atoms with Crippen molar-refractivity contribution in [2.75, 3.05) is 31.7 Å². The number of amides is 1. The van der Waals surface area contributed by atoms with Crippen molar-refractivity contribution in [3.63, 3.8) is 0 Å². The van der Waals surface area contributed by atoms with Crippen molar-refractivity contribution in [1.82, 2.24) is 10.3 Å². The highest BCUT2D eigenvalue weighted by atomic mass is 16.5. The highest BCUT2D eigenvalue weighted by Crippen LogP contribution is 2.28. The van der Waals surface area contributed by atoms with Gasteiger partial charge in [0.15, 0.2) is 11.5 Å². The minimum Gasteiger partial charge on any atom is -0.493 e. The number of hydrogen-bond acceptors (Lipinski definition) is 5. The molecule has 0 spiro atoms. The van der Waals surface area contributed by atoms with Crippen LogP contribution in [-0.4, -0.2) is 37.7 Å². The number of anilines is 1. The number of rotatable bonds is 9. The van der Waals surface area contributed by atoms with Gasteiger partial charge in [-0.15, -0.1) is 0 Å². The molecule has 26 heavy (non-hydrogen) atoms. The summed E-state index contributed by atoms with van der Waals surface area (Å²) in [6.45, 7) is 8.83. The van der Waals surface area contributed by atoms with Crippen LogP contribution in [-0.2, 0) is 6.54 Å². The first-order valence-electron chi connectivity index (χ1n) is 8.91. The molecule has 0 unspecified atom stereocenters. The summed E-state index contributed by atoms with van der Waals surface area (Å²) in [6, 6.07) is 9.31. The summed E-state index contributed by atoms with van der Waals surface area (Å²) in [5, 5.41) is 2.91. The highest BCUT2D eigenvalue weighted by molar-refractivity contribution is 5.94. The number of nitrogens with zero attached hydrogens (tertiary/aromatic N) is 2. The van der Waals surface area contributed by atoms with E-state index < -0.39 is 0 Å². The van der Waals surface area contributed by atoms with Crippen LogP contribution in [0.1, 0.15) is 36.7 Å². The third-order valence-electron chi connectivity index (χ3n) is 4.08. The van der Waals surface area contributed by atoms with Crippen LogP contribution < -0.4 is 19.7 Å². The van der Waals surface area contributed by atoms with Crippen LogP contribution >= 0.6 is 0 Å². The van der Waals surface area contributed by atoms with E-state index in [0.29, 0.717) is 30.2 Å². The van der Waals surface area contributed by atoms with E-state index >= 15 is 0 Å². The topological polar surface area (TPSA) is 63.7 Å². The summed E-state index contributed by atoms with van der Waals surface area (Å²) in [7, 11) is 1.60. The van der Waals surface area contributed by atoms with E-state index in [9.17, 15) is 4.79 Å². The second kappa shape index (κ2) is 9.65. The number of ether oxygens (including phenoxy) is 2. The lowest BCUT2D eigenvalue weighted by Crippen LogP contribution is -2.25. The maximum Gasteiger partial charge on any atom is 0.253 e. The maximum atomic E-state index is 12.3. The molecule has 1 aromatic heterocycles. The minimum absolute atomic E-state index is 0.156. The molecule has 0 saturated carbocycles. The molecule has 0 fully saturated rings. The Morgan fingerprint density at radius 3 is 2.46 bits per heavy atom. The molecule has 0 atom stereocenters. The van der Waals surface area contributed by atoms with Gasteiger partial charge in [0.1, 0.15) is 5.82 Å². The number of aromatic nitrogens is 1. The van der Waals surface area contributed by atoms with Crippen molar-refractivity contribution in [3.05, 3.63) is 47.7 Å². The number of pyridine rings is 1. The Hall–Kier alpha value is -2.76. The van der Waals surface area contributed by atoms with Crippen LogP contribution in [0, 0.1) is 0 Å². The Balaban J connectivity index is 2.00. The van der Waals surface area contributed by atoms with E-state index in [1.807, 2.05) is 31.2 Å². The highest BCUT2D eigenvalue weighted by Gasteiger charge is 2.10. The van der Waals surface area contributed by atoms with Crippen LogP contribution in [0.15, 0.2) is 36.5 Å². The second-order valence-electron chi connectivity index (χ2n) is 5.68. The number of hydrogen-bond donors (Lipinski definition) is 1. The molecule has 0 saturated heterocycles. The van der Waals surface area contributed by atoms with Crippen molar-refractivity contribution >= 4 is 11.7 Å². The zero-order valence-electron chi connectivity index (χ0n) is 15.9. The molecule has 2 aromatic rings. The second-order valence-corrected chi connectivity index (χ2v) is 5.68. The third-order valence-corrected chi connectivity index (χ3v) is 4.08. The molecule has 1 heterocycles. The molecule has 0 aliphatic carbocycles. The zero-order valence-corrected chi connectivity index (χ0v) is 15.9. The number of nitrogens with one attached hydrogen (secondary N) is 1. The molecule has 1 aromatic carbocycles. The van der Waals surface area contributed by atoms with Crippen molar-refractivity contribution in [2.24, 2.45) is 0 Å². The molecule has 0 aliphatic heterocycles. The summed E-state index contributed by atoms with van der Waals surface area (Å²) in [4.78, 5) is 18.9. The molecule has 6 heteroatoms. The Morgan fingerprint density at radius 1 is 1.12 bits per heavy atom. The largest absolute Gasteiger partial charge is 0.493 e. The first kappa shape index (κ1) is 19.6. The van der Waals surface area contributed by atoms with Gasteiger partial charge in [0, 0.05) is 25.8 Å². The monoisotopic (exact) mass is 357 g/mol. The number of benzene rings is 1. The van der Waals surface area contributed by atoms with Gasteiger partial charge in [0.25, 0.3) is 5.91 Å². The van der Waals surface area contributed by atoms with E-state index in [-0.39, 0.29) is 5.91 Å². The van der Waals surface area contributed by atoms with E-state index in [4.69, 9.17) is 9.47 Å². The Bertz CT molecular complexity index is 713. The first-order valence-corrected chi connectivity index (χ1v) is 8.91. The number of methoxy groups -OCH3 is 1. The minimum atomic E-state index is -0.156. The standard InChI is InChI=1S/C20H27N3O3/c1-5-23(6-2)19-11-9-16(14-21-19)20(24)22-13-15-8-10-17(26-7-3)18(12-15)25-4/h8-12,14H,5-7,13H2,1-4H3,(H,22,24). The number of carbonyl (C=O) groups excluding carboxylic acids is 1. The molecule has 0 radical (unpaired) electrons. The average Bonchev–Trinajstić information content (AvgIpc) is 2.68. The molecule has 1 amide bonds. The maximum absolute atomic E-state index is 12.3. The fraction of sp³-hybridized carbons (Fsp3) is 0.400. The normalized spacial score (nSPS) is 10.3. The van der Waals surface area contributed by atoms with Gasteiger partial charge in [0.05, 0.1) is 19.3 Å². The van der Waals surface area contributed by atoms with Crippen molar-refractivity contribution in [3.8, 4) is 11.5 Å². The van der Waals surface area contributed by atoms with Crippen molar-refractivity contribution < 1.29 is 14.3 Å². The van der Waals surface area contributed by atoms with Gasteiger partial charge in [-0.1, -0.05) is 6.07 Å².